The van der Waals surface area contributed by atoms with E-state index in [2.05, 4.69) is 0 Å². The largest absolute Gasteiger partial charge is 4.00 e. The fourth-order valence-corrected chi connectivity index (χ4v) is 0. The smallest absolute Gasteiger partial charge is 2.00 e. The van der Waals surface area contributed by atoms with Gasteiger partial charge in [-0.15, -0.1) is 0 Å². The maximum absolute atomic E-state index is 0. The Bertz CT molecular complexity index is 6.85. The third kappa shape index (κ3) is 23.0. The van der Waals surface area contributed by atoms with Gasteiger partial charge in [-0.2, -0.15) is 0 Å². The third-order valence-electron chi connectivity index (χ3n) is 0. The van der Waals surface area contributed by atoms with E-state index >= 15 is 0 Å². The fraction of sp³-hybridized carbons (Fsp3) is 0. The Morgan fingerprint density at radius 3 is 0.600 bits per heavy atom. The summed E-state index contributed by atoms with van der Waals surface area (Å²) in [7, 11) is 0. The number of hydrogen-bond donors (Lipinski definition) is 0. The van der Waals surface area contributed by atoms with E-state index in [1.54, 1.807) is 0 Å². The molecule has 0 heterocycles. The van der Waals surface area contributed by atoms with Gasteiger partial charge in [0.1, 0.15) is 0 Å². The van der Waals surface area contributed by atoms with Gasteiger partial charge < -0.3 is 16.4 Å². The minimum Gasteiger partial charge on any atom is -2.00 e. The maximum Gasteiger partial charge on any atom is 4.00 e. The van der Waals surface area contributed by atoms with E-state index in [9.17, 15) is 0 Å². The van der Waals surface area contributed by atoms with Crippen molar-refractivity contribution in [2.75, 3.05) is 0 Å². The van der Waals surface area contributed by atoms with Gasteiger partial charge in [0.05, 0.1) is 0 Å². The molecule has 0 saturated heterocycles. The molecule has 0 amide bonds. The molecule has 26 valence electrons. The Kier molecular flexibility index (Phi) is 416. The first-order valence-electron chi connectivity index (χ1n) is 0. The predicted octanol–water partition coefficient (Wildman–Crippen LogP) is -0.740. The van der Waals surface area contributed by atoms with Gasteiger partial charge in [-0.05, 0) is 0 Å². The van der Waals surface area contributed by atoms with E-state index < -0.39 is 0 Å². The summed E-state index contributed by atoms with van der Waals surface area (Å²) < 4.78 is 0. The van der Waals surface area contributed by atoms with Crippen molar-refractivity contribution in [2.24, 2.45) is 0 Å². The second-order valence-corrected chi connectivity index (χ2v) is 0. The average Bonchev–Trinajstić information content (AvgIpc) is 0. The van der Waals surface area contributed by atoms with Crippen molar-refractivity contribution < 1.29 is 37.5 Å². The summed E-state index contributed by atoms with van der Waals surface area (Å²) in [6.07, 6.45) is 0. The van der Waals surface area contributed by atoms with Crippen molar-refractivity contribution in [3.05, 3.63) is 0 Å². The second-order valence-electron chi connectivity index (χ2n) is 0. The molecular formula is BaMoO3. The van der Waals surface area contributed by atoms with Crippen LogP contribution in [0.4, 0.5) is 0 Å². The van der Waals surface area contributed by atoms with Crippen LogP contribution in [-0.4, -0.2) is 48.9 Å². The van der Waals surface area contributed by atoms with Crippen molar-refractivity contribution in [3.63, 3.8) is 0 Å². The summed E-state index contributed by atoms with van der Waals surface area (Å²) in [5, 5.41) is 0. The van der Waals surface area contributed by atoms with E-state index in [1.807, 2.05) is 0 Å². The zero-order valence-electron chi connectivity index (χ0n) is 2.34. The first-order valence-corrected chi connectivity index (χ1v) is 0. The molecule has 0 bridgehead atoms. The van der Waals surface area contributed by atoms with E-state index in [-0.39, 0.29) is 86.4 Å². The van der Waals surface area contributed by atoms with E-state index in [0.717, 1.165) is 0 Å². The Hall–Kier alpha value is 2.14. The monoisotopic (exact) mass is 284 g/mol. The molecular weight excluding hydrogens is 281 g/mol. The number of hydrogen-bond acceptors (Lipinski definition) is 0. The molecule has 0 radical (unpaired) electrons. The first kappa shape index (κ1) is 58.8. The Morgan fingerprint density at radius 2 is 0.600 bits per heavy atom. The van der Waals surface area contributed by atoms with Gasteiger partial charge in [-0.1, -0.05) is 0 Å². The van der Waals surface area contributed by atoms with Gasteiger partial charge in [0.25, 0.3) is 0 Å². The summed E-state index contributed by atoms with van der Waals surface area (Å²) in [6, 6.07) is 0. The molecule has 0 aliphatic carbocycles. The summed E-state index contributed by atoms with van der Waals surface area (Å²) in [4.78, 5) is 0. The summed E-state index contributed by atoms with van der Waals surface area (Å²) >= 11 is 0. The van der Waals surface area contributed by atoms with E-state index in [0.29, 0.717) is 0 Å². The molecule has 0 atom stereocenters. The SMILES string of the molecule is [Ba+2].[Mo+4].[O-2].[O-2].[O-2]. The summed E-state index contributed by atoms with van der Waals surface area (Å²) in [5.74, 6) is 0. The molecule has 0 aromatic rings. The molecule has 0 rings (SSSR count). The molecule has 0 saturated carbocycles. The third-order valence-corrected chi connectivity index (χ3v) is 0. The molecule has 3 nitrogen and oxygen atoms in total. The summed E-state index contributed by atoms with van der Waals surface area (Å²) in [6.45, 7) is 0. The van der Waals surface area contributed by atoms with Crippen molar-refractivity contribution in [2.45, 2.75) is 0 Å². The van der Waals surface area contributed by atoms with Crippen LogP contribution in [0.25, 0.3) is 0 Å². The minimum atomic E-state index is 0. The van der Waals surface area contributed by atoms with Crippen LogP contribution in [0.2, 0.25) is 0 Å². The van der Waals surface area contributed by atoms with E-state index in [1.165, 1.54) is 0 Å². The maximum atomic E-state index is 0. The fourth-order valence-electron chi connectivity index (χ4n) is 0. The molecule has 0 unspecified atom stereocenters. The van der Waals surface area contributed by atoms with Crippen molar-refractivity contribution >= 4 is 48.9 Å². The van der Waals surface area contributed by atoms with Crippen LogP contribution in [0, 0.1) is 0 Å². The first-order chi connectivity index (χ1) is 0. The van der Waals surface area contributed by atoms with Gasteiger partial charge in [0, 0.05) is 0 Å². The Morgan fingerprint density at radius 1 is 0.600 bits per heavy atom. The van der Waals surface area contributed by atoms with Crippen LogP contribution in [-0.2, 0) is 37.5 Å². The van der Waals surface area contributed by atoms with Gasteiger partial charge in [0.15, 0.2) is 0 Å². The Labute approximate surface area is 84.8 Å². The van der Waals surface area contributed by atoms with Gasteiger partial charge in [-0.25, -0.2) is 0 Å². The zero-order chi connectivity index (χ0) is 0. The van der Waals surface area contributed by atoms with Gasteiger partial charge >= 0.3 is 69.9 Å². The van der Waals surface area contributed by atoms with Gasteiger partial charge in [0.2, 0.25) is 0 Å². The zero-order valence-corrected chi connectivity index (χ0v) is 8.79. The van der Waals surface area contributed by atoms with E-state index in [4.69, 9.17) is 0 Å². The molecule has 0 aromatic carbocycles. The minimum absolute atomic E-state index is 0. The van der Waals surface area contributed by atoms with Crippen LogP contribution in [0.1, 0.15) is 0 Å². The van der Waals surface area contributed by atoms with Crippen LogP contribution in [0.3, 0.4) is 0 Å². The number of rotatable bonds is 0. The van der Waals surface area contributed by atoms with Gasteiger partial charge in [-0.3, -0.25) is 0 Å². The second kappa shape index (κ2) is 35.4. The normalized spacial score (nSPS) is 0. The molecule has 0 aliphatic heterocycles. The quantitative estimate of drug-likeness (QED) is 0.524. The Balaban J connectivity index is 0. The van der Waals surface area contributed by atoms with Crippen LogP contribution >= 0.6 is 0 Å². The van der Waals surface area contributed by atoms with Crippen LogP contribution in [0.5, 0.6) is 0 Å². The standard InChI is InChI=1S/Ba.Mo.3O/q+2;+4;3*-2. The summed E-state index contributed by atoms with van der Waals surface area (Å²) in [5.41, 5.74) is 0. The van der Waals surface area contributed by atoms with Crippen molar-refractivity contribution in [1.29, 1.82) is 0 Å². The topological polar surface area (TPSA) is 85.5 Å². The molecule has 0 fully saturated rings. The van der Waals surface area contributed by atoms with Crippen LogP contribution in [0.15, 0.2) is 0 Å². The molecule has 5 heteroatoms. The van der Waals surface area contributed by atoms with Crippen molar-refractivity contribution in [3.8, 4) is 0 Å². The van der Waals surface area contributed by atoms with Crippen LogP contribution < -0.4 is 0 Å². The molecule has 0 spiro atoms. The van der Waals surface area contributed by atoms with Crippen molar-refractivity contribution in [1.82, 2.24) is 0 Å². The molecule has 0 N–H and O–H groups in total. The average molecular weight is 281 g/mol. The predicted molar refractivity (Wildman–Crippen MR) is 7.81 cm³/mol. The molecule has 0 aromatic heterocycles. The molecule has 0 aliphatic rings. The molecule has 5 heavy (non-hydrogen) atoms.